The molecule has 1 atom stereocenters. The molecule has 1 fully saturated rings. The molecule has 5 nitrogen and oxygen atoms in total. The minimum absolute atomic E-state index is 0.121. The van der Waals surface area contributed by atoms with Crippen molar-refractivity contribution in [2.75, 3.05) is 13.7 Å². The van der Waals surface area contributed by atoms with Gasteiger partial charge in [-0.05, 0) is 43.0 Å². The maximum atomic E-state index is 12.4. The van der Waals surface area contributed by atoms with E-state index >= 15 is 0 Å². The predicted molar refractivity (Wildman–Crippen MR) is 72.3 cm³/mol. The van der Waals surface area contributed by atoms with Crippen molar-refractivity contribution in [3.8, 4) is 11.5 Å². The van der Waals surface area contributed by atoms with Gasteiger partial charge in [-0.2, -0.15) is 8.78 Å². The quantitative estimate of drug-likeness (QED) is 0.768. The summed E-state index contributed by atoms with van der Waals surface area (Å²) in [4.78, 5) is 11.6. The number of nitrogens with two attached hydrogens (primary N) is 1. The Bertz CT molecular complexity index is 507. The first kappa shape index (κ1) is 15.5. The zero-order valence-electron chi connectivity index (χ0n) is 11.6. The summed E-state index contributed by atoms with van der Waals surface area (Å²) in [5.41, 5.74) is 5.85. The summed E-state index contributed by atoms with van der Waals surface area (Å²) < 4.78 is 34.2. The van der Waals surface area contributed by atoms with Gasteiger partial charge in [0, 0.05) is 0 Å². The van der Waals surface area contributed by atoms with Gasteiger partial charge < -0.3 is 20.5 Å². The molecule has 2 rings (SSSR count). The van der Waals surface area contributed by atoms with Crippen molar-refractivity contribution in [1.82, 2.24) is 5.32 Å². The Labute approximate surface area is 121 Å². The first-order chi connectivity index (χ1) is 10.0. The number of nitrogens with one attached hydrogen (secondary N) is 1. The number of alkyl halides is 2. The fourth-order valence-corrected chi connectivity index (χ4v) is 2.05. The number of methoxy groups -OCH3 is 1. The van der Waals surface area contributed by atoms with Crippen molar-refractivity contribution < 1.29 is 23.0 Å². The molecule has 1 aliphatic carbocycles. The number of carbonyl (C=O) groups is 1. The molecule has 1 aromatic rings. The summed E-state index contributed by atoms with van der Waals surface area (Å²) in [5.74, 6) is 0.0413. The molecule has 21 heavy (non-hydrogen) atoms. The van der Waals surface area contributed by atoms with Crippen LogP contribution in [0.1, 0.15) is 24.4 Å². The van der Waals surface area contributed by atoms with Gasteiger partial charge in [-0.3, -0.25) is 4.79 Å². The van der Waals surface area contributed by atoms with Crippen LogP contribution in [0.25, 0.3) is 0 Å². The standard InChI is InChI=1S/C14H18F2N2O3/c1-20-10-5-4-9(6-11(10)21-14(15)16)12(13(17)19)18-7-8-2-3-8/h4-6,8,12,14,18H,2-3,7H2,1H3,(H2,17,19). The van der Waals surface area contributed by atoms with E-state index in [0.717, 1.165) is 12.8 Å². The van der Waals surface area contributed by atoms with Gasteiger partial charge in [0.05, 0.1) is 7.11 Å². The van der Waals surface area contributed by atoms with Crippen LogP contribution in [0.3, 0.4) is 0 Å². The monoisotopic (exact) mass is 300 g/mol. The molecule has 1 aromatic carbocycles. The lowest BCUT2D eigenvalue weighted by Gasteiger charge is -2.18. The van der Waals surface area contributed by atoms with Crippen molar-refractivity contribution in [2.45, 2.75) is 25.5 Å². The topological polar surface area (TPSA) is 73.6 Å². The summed E-state index contributed by atoms with van der Waals surface area (Å²) in [5, 5.41) is 3.06. The highest BCUT2D eigenvalue weighted by Crippen LogP contribution is 2.32. The van der Waals surface area contributed by atoms with E-state index in [4.69, 9.17) is 10.5 Å². The molecular formula is C14H18F2N2O3. The third-order valence-corrected chi connectivity index (χ3v) is 3.33. The Kier molecular flexibility index (Phi) is 4.95. The Morgan fingerprint density at radius 2 is 2.14 bits per heavy atom. The van der Waals surface area contributed by atoms with Gasteiger partial charge in [0.2, 0.25) is 5.91 Å². The fraction of sp³-hybridized carbons (Fsp3) is 0.500. The van der Waals surface area contributed by atoms with E-state index in [2.05, 4.69) is 10.1 Å². The highest BCUT2D eigenvalue weighted by Gasteiger charge is 2.25. The van der Waals surface area contributed by atoms with Crippen LogP contribution in [0.2, 0.25) is 0 Å². The van der Waals surface area contributed by atoms with Gasteiger partial charge in [-0.1, -0.05) is 6.07 Å². The average molecular weight is 300 g/mol. The van der Waals surface area contributed by atoms with Crippen LogP contribution in [0.15, 0.2) is 18.2 Å². The maximum Gasteiger partial charge on any atom is 0.387 e. The SMILES string of the molecule is COc1ccc(C(NCC2CC2)C(N)=O)cc1OC(F)F. The van der Waals surface area contributed by atoms with Gasteiger partial charge in [0.15, 0.2) is 11.5 Å². The van der Waals surface area contributed by atoms with Gasteiger partial charge in [0.1, 0.15) is 6.04 Å². The lowest BCUT2D eigenvalue weighted by Crippen LogP contribution is -2.34. The molecule has 3 N–H and O–H groups in total. The molecule has 0 spiro atoms. The lowest BCUT2D eigenvalue weighted by atomic mass is 10.1. The van der Waals surface area contributed by atoms with Crippen molar-refractivity contribution >= 4 is 5.91 Å². The Balaban J connectivity index is 2.19. The predicted octanol–water partition coefficient (Wildman–Crippen LogP) is 1.82. The molecule has 0 radical (unpaired) electrons. The van der Waals surface area contributed by atoms with Crippen LogP contribution in [-0.4, -0.2) is 26.2 Å². The molecule has 7 heteroatoms. The number of ether oxygens (including phenoxy) is 2. The smallest absolute Gasteiger partial charge is 0.387 e. The van der Waals surface area contributed by atoms with E-state index in [-0.39, 0.29) is 11.5 Å². The summed E-state index contributed by atoms with van der Waals surface area (Å²) in [6.45, 7) is -2.30. The third-order valence-electron chi connectivity index (χ3n) is 3.33. The van der Waals surface area contributed by atoms with Crippen molar-refractivity contribution in [2.24, 2.45) is 11.7 Å². The average Bonchev–Trinajstić information content (AvgIpc) is 3.22. The number of benzene rings is 1. The molecule has 116 valence electrons. The van der Waals surface area contributed by atoms with Crippen molar-refractivity contribution in [3.63, 3.8) is 0 Å². The number of halogens is 2. The fourth-order valence-electron chi connectivity index (χ4n) is 2.05. The first-order valence-corrected chi connectivity index (χ1v) is 6.66. The minimum Gasteiger partial charge on any atom is -0.493 e. The summed E-state index contributed by atoms with van der Waals surface area (Å²) in [6.07, 6.45) is 2.25. The van der Waals surface area contributed by atoms with E-state index in [9.17, 15) is 13.6 Å². The van der Waals surface area contributed by atoms with Crippen LogP contribution in [0, 0.1) is 5.92 Å². The molecule has 1 amide bonds. The lowest BCUT2D eigenvalue weighted by molar-refractivity contribution is -0.120. The summed E-state index contributed by atoms with van der Waals surface area (Å²) in [7, 11) is 1.35. The molecule has 0 aromatic heterocycles. The molecule has 1 saturated carbocycles. The van der Waals surface area contributed by atoms with E-state index in [1.54, 1.807) is 6.07 Å². The molecule has 0 saturated heterocycles. The van der Waals surface area contributed by atoms with E-state index in [1.807, 2.05) is 0 Å². The first-order valence-electron chi connectivity index (χ1n) is 6.66. The minimum atomic E-state index is -2.97. The third kappa shape index (κ3) is 4.29. The second-order valence-corrected chi connectivity index (χ2v) is 4.98. The van der Waals surface area contributed by atoms with Crippen LogP contribution in [0.4, 0.5) is 8.78 Å². The van der Waals surface area contributed by atoms with Crippen molar-refractivity contribution in [3.05, 3.63) is 23.8 Å². The Hall–Kier alpha value is -1.89. The van der Waals surface area contributed by atoms with Crippen LogP contribution < -0.4 is 20.5 Å². The van der Waals surface area contributed by atoms with Crippen molar-refractivity contribution in [1.29, 1.82) is 0 Å². The number of hydrogen-bond acceptors (Lipinski definition) is 4. The molecule has 1 aliphatic rings. The van der Waals surface area contributed by atoms with Gasteiger partial charge >= 0.3 is 6.61 Å². The second-order valence-electron chi connectivity index (χ2n) is 4.98. The zero-order valence-corrected chi connectivity index (χ0v) is 11.6. The van der Waals surface area contributed by atoms with Crippen LogP contribution in [0.5, 0.6) is 11.5 Å². The van der Waals surface area contributed by atoms with E-state index < -0.39 is 18.6 Å². The Morgan fingerprint density at radius 3 is 2.67 bits per heavy atom. The largest absolute Gasteiger partial charge is 0.493 e. The molecule has 1 unspecified atom stereocenters. The van der Waals surface area contributed by atoms with Gasteiger partial charge in [0.25, 0.3) is 0 Å². The highest BCUT2D eigenvalue weighted by molar-refractivity contribution is 5.81. The molecule has 0 heterocycles. The number of rotatable bonds is 8. The number of hydrogen-bond donors (Lipinski definition) is 2. The normalized spacial score (nSPS) is 15.8. The number of amides is 1. The number of carbonyl (C=O) groups excluding carboxylic acids is 1. The van der Waals surface area contributed by atoms with E-state index in [0.29, 0.717) is 18.0 Å². The maximum absolute atomic E-state index is 12.4. The molecule has 0 bridgehead atoms. The summed E-state index contributed by atoms with van der Waals surface area (Å²) >= 11 is 0. The molecule has 0 aliphatic heterocycles. The summed E-state index contributed by atoms with van der Waals surface area (Å²) in [6, 6.07) is 3.69. The molecular weight excluding hydrogens is 282 g/mol. The van der Waals surface area contributed by atoms with Crippen LogP contribution in [-0.2, 0) is 4.79 Å². The van der Waals surface area contributed by atoms with Crippen LogP contribution >= 0.6 is 0 Å². The second kappa shape index (κ2) is 6.71. The van der Waals surface area contributed by atoms with Gasteiger partial charge in [-0.25, -0.2) is 0 Å². The van der Waals surface area contributed by atoms with Gasteiger partial charge in [-0.15, -0.1) is 0 Å². The highest BCUT2D eigenvalue weighted by atomic mass is 19.3. The zero-order chi connectivity index (χ0) is 15.4. The number of primary amides is 1. The Morgan fingerprint density at radius 1 is 1.43 bits per heavy atom. The van der Waals surface area contributed by atoms with E-state index in [1.165, 1.54) is 19.2 Å².